The summed E-state index contributed by atoms with van der Waals surface area (Å²) in [7, 11) is 1.61. The van der Waals surface area contributed by atoms with Crippen LogP contribution in [0.15, 0.2) is 34.7 Å². The predicted octanol–water partition coefficient (Wildman–Crippen LogP) is 3.18. The lowest BCUT2D eigenvalue weighted by atomic mass is 10.3. The number of rotatable bonds is 6. The average Bonchev–Trinajstić information content (AvgIpc) is 3.17. The molecule has 1 N–H and O–H groups in total. The monoisotopic (exact) mass is 361 g/mol. The summed E-state index contributed by atoms with van der Waals surface area (Å²) < 4.78 is 12.8. The van der Waals surface area contributed by atoms with E-state index in [2.05, 4.69) is 20.3 Å². The van der Waals surface area contributed by atoms with Crippen LogP contribution in [0.1, 0.15) is 16.5 Å². The molecule has 3 aromatic rings. The number of hydrogen-bond donors (Lipinski definition) is 1. The molecule has 3 rings (SSSR count). The van der Waals surface area contributed by atoms with Gasteiger partial charge in [0.2, 0.25) is 4.77 Å². The third-order valence-electron chi connectivity index (χ3n) is 3.07. The van der Waals surface area contributed by atoms with Crippen molar-refractivity contribution in [3.8, 4) is 11.5 Å². The minimum atomic E-state index is 0.216. The first-order valence-electron chi connectivity index (χ1n) is 7.05. The lowest BCUT2D eigenvalue weighted by molar-refractivity contribution is 0.288. The molecule has 24 heavy (non-hydrogen) atoms. The summed E-state index contributed by atoms with van der Waals surface area (Å²) in [5.41, 5.74) is 0.778. The molecule has 0 unspecified atom stereocenters. The minimum Gasteiger partial charge on any atom is -0.497 e. The van der Waals surface area contributed by atoms with Crippen LogP contribution in [0.2, 0.25) is 0 Å². The van der Waals surface area contributed by atoms with Crippen molar-refractivity contribution >= 4 is 29.8 Å². The van der Waals surface area contributed by atoms with Crippen molar-refractivity contribution in [3.63, 3.8) is 0 Å². The molecule has 2 heterocycles. The number of ether oxygens (including phenoxy) is 2. The largest absolute Gasteiger partial charge is 0.497 e. The minimum absolute atomic E-state index is 0.216. The number of aromatic amines is 1. The van der Waals surface area contributed by atoms with Crippen LogP contribution in [-0.2, 0) is 6.61 Å². The molecule has 0 aliphatic carbocycles. The zero-order valence-corrected chi connectivity index (χ0v) is 14.7. The first-order valence-corrected chi connectivity index (χ1v) is 8.34. The Hall–Kier alpha value is -2.52. The van der Waals surface area contributed by atoms with Crippen LogP contribution in [0.4, 0.5) is 0 Å². The number of methoxy groups -OCH3 is 1. The van der Waals surface area contributed by atoms with Crippen molar-refractivity contribution in [2.24, 2.45) is 5.10 Å². The van der Waals surface area contributed by atoms with Crippen molar-refractivity contribution in [3.05, 3.63) is 50.9 Å². The van der Waals surface area contributed by atoms with E-state index in [1.54, 1.807) is 30.7 Å². The number of benzene rings is 1. The quantitative estimate of drug-likeness (QED) is 0.539. The van der Waals surface area contributed by atoms with Crippen LogP contribution < -0.4 is 9.47 Å². The van der Waals surface area contributed by atoms with E-state index < -0.39 is 0 Å². The van der Waals surface area contributed by atoms with Gasteiger partial charge in [0.1, 0.15) is 18.1 Å². The summed E-state index contributed by atoms with van der Waals surface area (Å²) in [5.74, 6) is 1.96. The SMILES string of the molecule is COc1cccc(OCc2n[nH]c(=S)n2/N=C\c2csc(C)n2)c1. The normalized spacial score (nSPS) is 11.1. The first kappa shape index (κ1) is 16.3. The molecular weight excluding hydrogens is 346 g/mol. The van der Waals surface area contributed by atoms with E-state index in [0.29, 0.717) is 16.3 Å². The number of H-pyrrole nitrogens is 1. The third-order valence-corrected chi connectivity index (χ3v) is 4.12. The highest BCUT2D eigenvalue weighted by molar-refractivity contribution is 7.71. The fraction of sp³-hybridized carbons (Fsp3) is 0.200. The molecule has 2 aromatic heterocycles. The maximum atomic E-state index is 5.73. The van der Waals surface area contributed by atoms with E-state index in [4.69, 9.17) is 21.7 Å². The third kappa shape index (κ3) is 3.87. The topological polar surface area (TPSA) is 77.3 Å². The van der Waals surface area contributed by atoms with Gasteiger partial charge in [-0.3, -0.25) is 0 Å². The van der Waals surface area contributed by atoms with Gasteiger partial charge in [-0.25, -0.2) is 10.1 Å². The Kier molecular flexibility index (Phi) is 5.02. The molecule has 0 saturated heterocycles. The number of hydrogen-bond acceptors (Lipinski definition) is 7. The van der Waals surface area contributed by atoms with Crippen LogP contribution >= 0.6 is 23.6 Å². The fourth-order valence-electron chi connectivity index (χ4n) is 1.93. The first-order chi connectivity index (χ1) is 11.7. The average molecular weight is 361 g/mol. The highest BCUT2D eigenvalue weighted by atomic mass is 32.1. The van der Waals surface area contributed by atoms with Crippen molar-refractivity contribution in [1.82, 2.24) is 19.9 Å². The molecule has 9 heteroatoms. The fourth-order valence-corrected chi connectivity index (χ4v) is 2.69. The van der Waals surface area contributed by atoms with Crippen LogP contribution in [0.25, 0.3) is 0 Å². The molecule has 0 saturated carbocycles. The van der Waals surface area contributed by atoms with E-state index in [9.17, 15) is 0 Å². The van der Waals surface area contributed by atoms with Crippen LogP contribution in [0.3, 0.4) is 0 Å². The number of thiazole rings is 1. The van der Waals surface area contributed by atoms with E-state index >= 15 is 0 Å². The van der Waals surface area contributed by atoms with Crippen LogP contribution in [-0.4, -0.2) is 33.2 Å². The Morgan fingerprint density at radius 3 is 3.00 bits per heavy atom. The number of nitrogens with one attached hydrogen (secondary N) is 1. The van der Waals surface area contributed by atoms with Crippen LogP contribution in [0.5, 0.6) is 11.5 Å². The summed E-state index contributed by atoms with van der Waals surface area (Å²) in [6, 6.07) is 7.35. The predicted molar refractivity (Wildman–Crippen MR) is 94.6 cm³/mol. The van der Waals surface area contributed by atoms with Gasteiger partial charge >= 0.3 is 0 Å². The maximum Gasteiger partial charge on any atom is 0.216 e. The van der Waals surface area contributed by atoms with Gasteiger partial charge in [0.25, 0.3) is 0 Å². The summed E-state index contributed by atoms with van der Waals surface area (Å²) in [6.07, 6.45) is 1.64. The smallest absolute Gasteiger partial charge is 0.216 e. The molecule has 1 aromatic carbocycles. The Morgan fingerprint density at radius 1 is 1.42 bits per heavy atom. The molecule has 0 radical (unpaired) electrons. The van der Waals surface area contributed by atoms with Gasteiger partial charge in [-0.2, -0.15) is 14.9 Å². The number of aromatic nitrogens is 4. The molecule has 124 valence electrons. The highest BCUT2D eigenvalue weighted by Crippen LogP contribution is 2.19. The van der Waals surface area contributed by atoms with Gasteiger partial charge in [-0.05, 0) is 31.3 Å². The molecule has 0 bridgehead atoms. The Bertz CT molecular complexity index is 912. The Balaban J connectivity index is 1.74. The van der Waals surface area contributed by atoms with Crippen molar-refractivity contribution in [1.29, 1.82) is 0 Å². The van der Waals surface area contributed by atoms with Crippen molar-refractivity contribution < 1.29 is 9.47 Å². The number of aryl methyl sites for hydroxylation is 1. The van der Waals surface area contributed by atoms with E-state index in [0.717, 1.165) is 16.5 Å². The summed E-state index contributed by atoms with van der Waals surface area (Å²) >= 11 is 6.77. The van der Waals surface area contributed by atoms with E-state index in [-0.39, 0.29) is 6.61 Å². The van der Waals surface area contributed by atoms with Crippen LogP contribution in [0, 0.1) is 11.7 Å². The molecule has 0 aliphatic heterocycles. The molecule has 0 fully saturated rings. The number of nitrogens with zero attached hydrogens (tertiary/aromatic N) is 4. The lowest BCUT2D eigenvalue weighted by Gasteiger charge is -2.06. The highest BCUT2D eigenvalue weighted by Gasteiger charge is 2.07. The Labute approximate surface area is 147 Å². The van der Waals surface area contributed by atoms with Gasteiger partial charge in [-0.1, -0.05) is 6.07 Å². The second-order valence-corrected chi connectivity index (χ2v) is 6.21. The molecule has 7 nitrogen and oxygen atoms in total. The Morgan fingerprint density at radius 2 is 2.25 bits per heavy atom. The van der Waals surface area contributed by atoms with Crippen molar-refractivity contribution in [2.45, 2.75) is 13.5 Å². The van der Waals surface area contributed by atoms with Gasteiger partial charge in [0, 0.05) is 11.4 Å². The second-order valence-electron chi connectivity index (χ2n) is 4.76. The molecule has 0 amide bonds. The zero-order chi connectivity index (χ0) is 16.9. The summed E-state index contributed by atoms with van der Waals surface area (Å²) in [5, 5.41) is 14.1. The maximum absolute atomic E-state index is 5.73. The second kappa shape index (κ2) is 7.37. The zero-order valence-electron chi connectivity index (χ0n) is 13.1. The molecular formula is C15H15N5O2S2. The summed E-state index contributed by atoms with van der Waals surface area (Å²) in [4.78, 5) is 4.33. The molecule has 0 atom stereocenters. The molecule has 0 aliphatic rings. The van der Waals surface area contributed by atoms with Gasteiger partial charge in [-0.15, -0.1) is 11.3 Å². The van der Waals surface area contributed by atoms with E-state index in [1.165, 1.54) is 4.68 Å². The van der Waals surface area contributed by atoms with E-state index in [1.807, 2.05) is 30.5 Å². The summed E-state index contributed by atoms with van der Waals surface area (Å²) in [6.45, 7) is 2.16. The van der Waals surface area contributed by atoms with Gasteiger partial charge < -0.3 is 9.47 Å². The molecule has 0 spiro atoms. The standard InChI is InChI=1S/C15H15N5O2S2/c1-10-17-11(9-24-10)7-16-20-14(18-19-15(20)23)8-22-13-5-3-4-12(6-13)21-2/h3-7,9H,8H2,1-2H3,(H,19,23)/b16-7-. The van der Waals surface area contributed by atoms with Crippen molar-refractivity contribution in [2.75, 3.05) is 7.11 Å². The lowest BCUT2D eigenvalue weighted by Crippen LogP contribution is -2.04. The van der Waals surface area contributed by atoms with Gasteiger partial charge in [0.05, 0.1) is 24.0 Å². The van der Waals surface area contributed by atoms with Gasteiger partial charge in [0.15, 0.2) is 5.82 Å².